The van der Waals surface area contributed by atoms with Gasteiger partial charge in [0.25, 0.3) is 10.2 Å². The summed E-state index contributed by atoms with van der Waals surface area (Å²) in [6.07, 6.45) is 0. The molecule has 0 spiro atoms. The van der Waals surface area contributed by atoms with Crippen molar-refractivity contribution in [3.05, 3.63) is 0 Å². The van der Waals surface area contributed by atoms with E-state index in [0.717, 1.165) is 4.31 Å². The number of hydrogen-bond acceptors (Lipinski definition) is 4. The maximum Gasteiger partial charge on any atom is 0.279 e. The van der Waals surface area contributed by atoms with E-state index in [9.17, 15) is 8.42 Å². The second kappa shape index (κ2) is 6.31. The van der Waals surface area contributed by atoms with E-state index in [1.54, 1.807) is 13.8 Å². The largest absolute Gasteiger partial charge is 0.395 e. The van der Waals surface area contributed by atoms with E-state index in [2.05, 4.69) is 4.72 Å². The number of nitrogens with one attached hydrogen (secondary N) is 1. The summed E-state index contributed by atoms with van der Waals surface area (Å²) in [5.74, 6) is 0. The topological polar surface area (TPSA) is 89.9 Å². The van der Waals surface area contributed by atoms with Crippen LogP contribution >= 0.6 is 0 Å². The van der Waals surface area contributed by atoms with Crippen LogP contribution in [0.15, 0.2) is 0 Å². The first-order valence-corrected chi connectivity index (χ1v) is 5.87. The molecule has 0 aliphatic carbocycles. The van der Waals surface area contributed by atoms with Gasteiger partial charge in [-0.25, -0.2) is 0 Å². The van der Waals surface area contributed by atoms with Crippen molar-refractivity contribution >= 4 is 10.2 Å². The third-order valence-corrected chi connectivity index (χ3v) is 3.24. The summed E-state index contributed by atoms with van der Waals surface area (Å²) in [6, 6.07) is -0.208. The van der Waals surface area contributed by atoms with Gasteiger partial charge in [0, 0.05) is 19.1 Å². The highest BCUT2D eigenvalue weighted by Gasteiger charge is 2.21. The molecule has 14 heavy (non-hydrogen) atoms. The molecule has 0 fully saturated rings. The lowest BCUT2D eigenvalue weighted by Gasteiger charge is -2.21. The van der Waals surface area contributed by atoms with E-state index >= 15 is 0 Å². The van der Waals surface area contributed by atoms with Crippen molar-refractivity contribution in [3.8, 4) is 0 Å². The number of rotatable bonds is 7. The second-order valence-corrected chi connectivity index (χ2v) is 4.83. The zero-order valence-corrected chi connectivity index (χ0v) is 9.29. The van der Waals surface area contributed by atoms with Gasteiger partial charge < -0.3 is 10.2 Å². The van der Waals surface area contributed by atoms with Crippen LogP contribution in [0.3, 0.4) is 0 Å². The number of hydrogen-bond donors (Lipinski definition) is 3. The number of aliphatic hydroxyl groups is 2. The normalized spacial score (nSPS) is 12.7. The van der Waals surface area contributed by atoms with Crippen LogP contribution in [0.4, 0.5) is 0 Å². The zero-order chi connectivity index (χ0) is 11.2. The van der Waals surface area contributed by atoms with Crippen molar-refractivity contribution in [3.63, 3.8) is 0 Å². The highest BCUT2D eigenvalue weighted by atomic mass is 32.2. The molecule has 0 aromatic rings. The predicted octanol–water partition coefficient (Wildman–Crippen LogP) is -1.48. The van der Waals surface area contributed by atoms with Gasteiger partial charge in [-0.3, -0.25) is 0 Å². The molecule has 0 unspecified atom stereocenters. The van der Waals surface area contributed by atoms with Gasteiger partial charge in [-0.2, -0.15) is 17.4 Å². The van der Waals surface area contributed by atoms with Crippen LogP contribution in [0.5, 0.6) is 0 Å². The monoisotopic (exact) mass is 226 g/mol. The molecule has 3 N–H and O–H groups in total. The van der Waals surface area contributed by atoms with Crippen molar-refractivity contribution < 1.29 is 18.6 Å². The average Bonchev–Trinajstić information content (AvgIpc) is 2.01. The van der Waals surface area contributed by atoms with Gasteiger partial charge >= 0.3 is 0 Å². The highest BCUT2D eigenvalue weighted by Crippen LogP contribution is 1.98. The SMILES string of the molecule is CC(C)NS(=O)(=O)N(CCO)CCO. The molecule has 0 bridgehead atoms. The Labute approximate surface area is 84.7 Å². The summed E-state index contributed by atoms with van der Waals surface area (Å²) >= 11 is 0. The number of aliphatic hydroxyl groups excluding tert-OH is 2. The van der Waals surface area contributed by atoms with E-state index in [4.69, 9.17) is 10.2 Å². The number of nitrogens with zero attached hydrogens (tertiary/aromatic N) is 1. The van der Waals surface area contributed by atoms with Gasteiger partial charge in [0.05, 0.1) is 13.2 Å². The Bertz CT molecular complexity index is 234. The Hall–Kier alpha value is -0.210. The summed E-state index contributed by atoms with van der Waals surface area (Å²) < 4.78 is 26.4. The highest BCUT2D eigenvalue weighted by molar-refractivity contribution is 7.87. The molecule has 0 aromatic heterocycles. The van der Waals surface area contributed by atoms with E-state index < -0.39 is 10.2 Å². The fraction of sp³-hybridized carbons (Fsp3) is 1.00. The summed E-state index contributed by atoms with van der Waals surface area (Å²) in [4.78, 5) is 0. The minimum Gasteiger partial charge on any atom is -0.395 e. The molecule has 6 nitrogen and oxygen atoms in total. The second-order valence-electron chi connectivity index (χ2n) is 3.12. The van der Waals surface area contributed by atoms with Gasteiger partial charge in [0.1, 0.15) is 0 Å². The molecule has 7 heteroatoms. The molecular weight excluding hydrogens is 208 g/mol. The lowest BCUT2D eigenvalue weighted by atomic mass is 10.4. The quantitative estimate of drug-likeness (QED) is 0.493. The Morgan fingerprint density at radius 3 is 1.93 bits per heavy atom. The molecular formula is C7H18N2O4S. The minimum absolute atomic E-state index is 0.0113. The maximum absolute atomic E-state index is 11.5. The summed E-state index contributed by atoms with van der Waals surface area (Å²) in [5, 5.41) is 17.3. The standard InChI is InChI=1S/C7H18N2O4S/c1-7(2)8-14(12,13)9(3-5-10)4-6-11/h7-8,10-11H,3-6H2,1-2H3. The van der Waals surface area contributed by atoms with Gasteiger partial charge in [-0.1, -0.05) is 0 Å². The first kappa shape index (κ1) is 13.8. The van der Waals surface area contributed by atoms with Crippen LogP contribution < -0.4 is 4.72 Å². The molecule has 0 saturated heterocycles. The van der Waals surface area contributed by atoms with Crippen molar-refractivity contribution in [1.29, 1.82) is 0 Å². The molecule has 0 aliphatic rings. The van der Waals surface area contributed by atoms with Crippen LogP contribution in [0.1, 0.15) is 13.8 Å². The molecule has 0 atom stereocenters. The first-order chi connectivity index (χ1) is 6.44. The third kappa shape index (κ3) is 4.87. The van der Waals surface area contributed by atoms with Gasteiger partial charge in [0.2, 0.25) is 0 Å². The fourth-order valence-electron chi connectivity index (χ4n) is 0.948. The van der Waals surface area contributed by atoms with Crippen LogP contribution in [0.2, 0.25) is 0 Å². The molecule has 0 rings (SSSR count). The zero-order valence-electron chi connectivity index (χ0n) is 8.47. The molecule has 0 saturated carbocycles. The van der Waals surface area contributed by atoms with Crippen molar-refractivity contribution in [2.24, 2.45) is 0 Å². The average molecular weight is 226 g/mol. The summed E-state index contributed by atoms with van der Waals surface area (Å²) in [5.41, 5.74) is 0. The Morgan fingerprint density at radius 2 is 1.64 bits per heavy atom. The van der Waals surface area contributed by atoms with Crippen molar-refractivity contribution in [2.45, 2.75) is 19.9 Å². The molecule has 0 aromatic carbocycles. The Kier molecular flexibility index (Phi) is 6.21. The fourth-order valence-corrected chi connectivity index (χ4v) is 2.34. The predicted molar refractivity (Wildman–Crippen MR) is 52.9 cm³/mol. The minimum atomic E-state index is -3.58. The van der Waals surface area contributed by atoms with Gasteiger partial charge in [-0.15, -0.1) is 0 Å². The summed E-state index contributed by atoms with van der Waals surface area (Å²) in [6.45, 7) is 2.85. The summed E-state index contributed by atoms with van der Waals surface area (Å²) in [7, 11) is -3.58. The van der Waals surface area contributed by atoms with Crippen molar-refractivity contribution in [1.82, 2.24) is 9.03 Å². The van der Waals surface area contributed by atoms with E-state index in [1.165, 1.54) is 0 Å². The van der Waals surface area contributed by atoms with Crippen LogP contribution in [-0.4, -0.2) is 55.3 Å². The lowest BCUT2D eigenvalue weighted by molar-refractivity contribution is 0.216. The van der Waals surface area contributed by atoms with Crippen molar-refractivity contribution in [2.75, 3.05) is 26.3 Å². The smallest absolute Gasteiger partial charge is 0.279 e. The van der Waals surface area contributed by atoms with Gasteiger partial charge in [-0.05, 0) is 13.8 Å². The molecule has 0 radical (unpaired) electrons. The molecule has 0 aliphatic heterocycles. The maximum atomic E-state index is 11.5. The van der Waals surface area contributed by atoms with Gasteiger partial charge in [0.15, 0.2) is 0 Å². The molecule has 0 heterocycles. The molecule has 0 amide bonds. The third-order valence-electron chi connectivity index (χ3n) is 1.42. The first-order valence-electron chi connectivity index (χ1n) is 4.43. The van der Waals surface area contributed by atoms with E-state index in [1.807, 2.05) is 0 Å². The van der Waals surface area contributed by atoms with Crippen LogP contribution in [0.25, 0.3) is 0 Å². The lowest BCUT2D eigenvalue weighted by Crippen LogP contribution is -2.45. The Morgan fingerprint density at radius 1 is 1.21 bits per heavy atom. The molecule has 86 valence electrons. The van der Waals surface area contributed by atoms with E-state index in [-0.39, 0.29) is 32.3 Å². The van der Waals surface area contributed by atoms with Crippen LogP contribution in [-0.2, 0) is 10.2 Å². The van der Waals surface area contributed by atoms with Crippen LogP contribution in [0, 0.1) is 0 Å². The Balaban J connectivity index is 4.45. The van der Waals surface area contributed by atoms with E-state index in [0.29, 0.717) is 0 Å².